The Bertz CT molecular complexity index is 168. The minimum Gasteiger partial charge on any atom is -0.465 e. The first-order valence-electron chi connectivity index (χ1n) is 3.85. The van der Waals surface area contributed by atoms with Crippen molar-refractivity contribution in [3.63, 3.8) is 0 Å². The first-order chi connectivity index (χ1) is 5.57. The van der Waals surface area contributed by atoms with E-state index < -0.39 is 0 Å². The van der Waals surface area contributed by atoms with Crippen molar-refractivity contribution in [2.24, 2.45) is 0 Å². The van der Waals surface area contributed by atoms with Gasteiger partial charge in [0.25, 0.3) is 0 Å². The highest BCUT2D eigenvalue weighted by Crippen LogP contribution is 2.11. The zero-order chi connectivity index (χ0) is 9.56. The van der Waals surface area contributed by atoms with Crippen molar-refractivity contribution >= 4 is 23.5 Å². The summed E-state index contributed by atoms with van der Waals surface area (Å²) in [5, 5.41) is -0.242. The van der Waals surface area contributed by atoms with Crippen LogP contribution in [0.5, 0.6) is 0 Å². The second kappa shape index (κ2) is 6.06. The van der Waals surface area contributed by atoms with E-state index in [0.29, 0.717) is 12.4 Å². The largest absolute Gasteiger partial charge is 0.465 e. The quantitative estimate of drug-likeness (QED) is 0.612. The smallest absolute Gasteiger partial charge is 0.318 e. The van der Waals surface area contributed by atoms with Crippen molar-refractivity contribution in [2.75, 3.05) is 12.4 Å². The molecule has 0 spiro atoms. The van der Waals surface area contributed by atoms with Crippen LogP contribution in [0.4, 0.5) is 0 Å². The molecule has 0 bridgehead atoms. The van der Waals surface area contributed by atoms with Gasteiger partial charge in [-0.25, -0.2) is 0 Å². The highest BCUT2D eigenvalue weighted by Gasteiger charge is 2.14. The number of rotatable bonds is 5. The predicted molar refractivity (Wildman–Crippen MR) is 49.2 cm³/mol. The molecule has 70 valence electrons. The average molecular weight is 190 g/mol. The minimum absolute atomic E-state index is 0.0798. The van der Waals surface area contributed by atoms with Gasteiger partial charge in [-0.1, -0.05) is 0 Å². The topological polar surface area (TPSA) is 43.4 Å². The number of carbonyl (C=O) groups is 2. The van der Waals surface area contributed by atoms with Gasteiger partial charge in [0.15, 0.2) is 0 Å². The molecule has 0 radical (unpaired) electrons. The number of ether oxygens (including phenoxy) is 1. The fraction of sp³-hybridized carbons (Fsp3) is 0.750. The normalized spacial score (nSPS) is 12.2. The zero-order valence-corrected chi connectivity index (χ0v) is 8.44. The molecule has 12 heavy (non-hydrogen) atoms. The average Bonchev–Trinajstić information content (AvgIpc) is 2.00. The van der Waals surface area contributed by atoms with Crippen LogP contribution in [0.2, 0.25) is 0 Å². The van der Waals surface area contributed by atoms with E-state index in [9.17, 15) is 9.59 Å². The first-order valence-corrected chi connectivity index (χ1v) is 4.90. The Morgan fingerprint density at radius 2 is 2.08 bits per heavy atom. The van der Waals surface area contributed by atoms with Crippen LogP contribution in [0, 0.1) is 0 Å². The summed E-state index contributed by atoms with van der Waals surface area (Å²) in [6, 6.07) is 0. The van der Waals surface area contributed by atoms with Crippen molar-refractivity contribution in [2.45, 2.75) is 26.0 Å². The SMILES string of the molecule is CCOC(=O)[C@@H](C)SCC(C)=O. The number of thioether (sulfide) groups is 1. The predicted octanol–water partition coefficient (Wildman–Crippen LogP) is 1.26. The van der Waals surface area contributed by atoms with E-state index in [4.69, 9.17) is 4.74 Å². The summed E-state index contributed by atoms with van der Waals surface area (Å²) in [6.07, 6.45) is 0. The Morgan fingerprint density at radius 1 is 1.50 bits per heavy atom. The van der Waals surface area contributed by atoms with Crippen LogP contribution in [0.15, 0.2) is 0 Å². The van der Waals surface area contributed by atoms with E-state index in [1.54, 1.807) is 13.8 Å². The van der Waals surface area contributed by atoms with Crippen molar-refractivity contribution in [1.82, 2.24) is 0 Å². The Labute approximate surface area is 76.9 Å². The molecule has 0 amide bonds. The summed E-state index contributed by atoms with van der Waals surface area (Å²) in [5.74, 6) is 0.208. The molecule has 0 unspecified atom stereocenters. The standard InChI is InChI=1S/C8H14O3S/c1-4-11-8(10)7(3)12-5-6(2)9/h7H,4-5H2,1-3H3/t7-/m1/s1. The molecule has 0 aromatic rings. The lowest BCUT2D eigenvalue weighted by Crippen LogP contribution is -2.18. The molecule has 0 aromatic carbocycles. The molecule has 0 saturated carbocycles. The van der Waals surface area contributed by atoms with Gasteiger partial charge < -0.3 is 4.74 Å². The molecule has 0 rings (SSSR count). The van der Waals surface area contributed by atoms with E-state index in [2.05, 4.69) is 0 Å². The summed E-state index contributed by atoms with van der Waals surface area (Å²) in [5.41, 5.74) is 0. The molecule has 0 saturated heterocycles. The highest BCUT2D eigenvalue weighted by molar-refractivity contribution is 8.01. The first kappa shape index (κ1) is 11.5. The van der Waals surface area contributed by atoms with E-state index in [1.807, 2.05) is 0 Å². The van der Waals surface area contributed by atoms with Gasteiger partial charge in [-0.15, -0.1) is 11.8 Å². The van der Waals surface area contributed by atoms with Gasteiger partial charge >= 0.3 is 5.97 Å². The molecule has 0 aromatic heterocycles. The molecular formula is C8H14O3S. The monoisotopic (exact) mass is 190 g/mol. The second-order valence-corrected chi connectivity index (χ2v) is 3.74. The third-order valence-corrected chi connectivity index (χ3v) is 2.42. The van der Waals surface area contributed by atoms with Crippen molar-refractivity contribution in [3.05, 3.63) is 0 Å². The Hall–Kier alpha value is -0.510. The third-order valence-electron chi connectivity index (χ3n) is 1.16. The van der Waals surface area contributed by atoms with Gasteiger partial charge in [0.1, 0.15) is 11.0 Å². The maximum atomic E-state index is 11.0. The lowest BCUT2D eigenvalue weighted by molar-refractivity contribution is -0.142. The van der Waals surface area contributed by atoms with Gasteiger partial charge in [0.05, 0.1) is 12.4 Å². The number of esters is 1. The summed E-state index contributed by atoms with van der Waals surface area (Å²) in [6.45, 7) is 5.40. The third kappa shape index (κ3) is 5.18. The van der Waals surface area contributed by atoms with Gasteiger partial charge in [-0.05, 0) is 20.8 Å². The van der Waals surface area contributed by atoms with Gasteiger partial charge in [0.2, 0.25) is 0 Å². The molecule has 0 N–H and O–H groups in total. The van der Waals surface area contributed by atoms with Crippen LogP contribution in [-0.2, 0) is 14.3 Å². The second-order valence-electron chi connectivity index (χ2n) is 2.41. The Morgan fingerprint density at radius 3 is 2.50 bits per heavy atom. The fourth-order valence-electron chi connectivity index (χ4n) is 0.570. The number of hydrogen-bond acceptors (Lipinski definition) is 4. The molecule has 0 heterocycles. The maximum absolute atomic E-state index is 11.0. The Balaban J connectivity index is 3.63. The van der Waals surface area contributed by atoms with Crippen LogP contribution in [0.1, 0.15) is 20.8 Å². The van der Waals surface area contributed by atoms with Crippen LogP contribution < -0.4 is 0 Å². The molecule has 0 aliphatic rings. The van der Waals surface area contributed by atoms with Crippen LogP contribution in [0.3, 0.4) is 0 Å². The van der Waals surface area contributed by atoms with Crippen molar-refractivity contribution < 1.29 is 14.3 Å². The molecule has 4 heteroatoms. The number of carbonyl (C=O) groups excluding carboxylic acids is 2. The summed E-state index contributed by atoms with van der Waals surface area (Å²) >= 11 is 1.31. The summed E-state index contributed by atoms with van der Waals surface area (Å²) in [4.78, 5) is 21.6. The van der Waals surface area contributed by atoms with Crippen LogP contribution >= 0.6 is 11.8 Å². The van der Waals surface area contributed by atoms with Crippen LogP contribution in [0.25, 0.3) is 0 Å². The van der Waals surface area contributed by atoms with Crippen molar-refractivity contribution in [1.29, 1.82) is 0 Å². The zero-order valence-electron chi connectivity index (χ0n) is 7.62. The summed E-state index contributed by atoms with van der Waals surface area (Å²) in [7, 11) is 0. The number of ketones is 1. The maximum Gasteiger partial charge on any atom is 0.318 e. The highest BCUT2D eigenvalue weighted by atomic mass is 32.2. The minimum atomic E-state index is -0.247. The fourth-order valence-corrected chi connectivity index (χ4v) is 1.26. The van der Waals surface area contributed by atoms with Crippen molar-refractivity contribution in [3.8, 4) is 0 Å². The van der Waals surface area contributed by atoms with Gasteiger partial charge in [-0.2, -0.15) is 0 Å². The molecule has 0 fully saturated rings. The van der Waals surface area contributed by atoms with E-state index >= 15 is 0 Å². The molecule has 0 aliphatic carbocycles. The van der Waals surface area contributed by atoms with E-state index in [0.717, 1.165) is 0 Å². The number of hydrogen-bond donors (Lipinski definition) is 0. The molecular weight excluding hydrogens is 176 g/mol. The van der Waals surface area contributed by atoms with Gasteiger partial charge in [0, 0.05) is 0 Å². The molecule has 1 atom stereocenters. The van der Waals surface area contributed by atoms with Crippen LogP contribution in [-0.4, -0.2) is 29.4 Å². The molecule has 3 nitrogen and oxygen atoms in total. The van der Waals surface area contributed by atoms with Gasteiger partial charge in [-0.3, -0.25) is 9.59 Å². The number of Topliss-reactive ketones (excluding diaryl/α,β-unsaturated/α-hetero) is 1. The van der Waals surface area contributed by atoms with E-state index in [1.165, 1.54) is 18.7 Å². The Kier molecular flexibility index (Phi) is 5.80. The summed E-state index contributed by atoms with van der Waals surface area (Å²) < 4.78 is 4.76. The lowest BCUT2D eigenvalue weighted by Gasteiger charge is -2.08. The lowest BCUT2D eigenvalue weighted by atomic mass is 10.5. The molecule has 0 aliphatic heterocycles. The van der Waals surface area contributed by atoms with E-state index in [-0.39, 0.29) is 17.0 Å².